The lowest BCUT2D eigenvalue weighted by Crippen LogP contribution is -2.27. The van der Waals surface area contributed by atoms with Gasteiger partial charge in [-0.3, -0.25) is 9.78 Å². The van der Waals surface area contributed by atoms with Crippen molar-refractivity contribution in [1.29, 1.82) is 0 Å². The number of carbonyl (C=O) groups is 1. The second kappa shape index (κ2) is 6.15. The molecule has 1 aliphatic carbocycles. The Bertz CT molecular complexity index is 441. The van der Waals surface area contributed by atoms with Gasteiger partial charge in [0.15, 0.2) is 5.78 Å². The summed E-state index contributed by atoms with van der Waals surface area (Å²) in [5, 5.41) is 0. The van der Waals surface area contributed by atoms with Gasteiger partial charge in [0.2, 0.25) is 0 Å². The Hall–Kier alpha value is -1.42. The second-order valence-electron chi connectivity index (χ2n) is 5.15. The molecule has 4 heteroatoms. The van der Waals surface area contributed by atoms with E-state index in [0.29, 0.717) is 23.8 Å². The third-order valence-electron chi connectivity index (χ3n) is 3.02. The van der Waals surface area contributed by atoms with Crippen LogP contribution in [0.3, 0.4) is 0 Å². The Morgan fingerprint density at radius 1 is 1.42 bits per heavy atom. The molecule has 1 aliphatic rings. The molecule has 1 unspecified atom stereocenters. The van der Waals surface area contributed by atoms with E-state index in [9.17, 15) is 4.79 Å². The average molecular weight is 263 g/mol. The summed E-state index contributed by atoms with van der Waals surface area (Å²) in [7, 11) is 0. The van der Waals surface area contributed by atoms with Gasteiger partial charge in [0.1, 0.15) is 11.9 Å². The van der Waals surface area contributed by atoms with Gasteiger partial charge in [-0.1, -0.05) is 0 Å². The van der Waals surface area contributed by atoms with E-state index >= 15 is 0 Å². The second-order valence-corrected chi connectivity index (χ2v) is 5.15. The van der Waals surface area contributed by atoms with Gasteiger partial charge in [0.25, 0.3) is 0 Å². The molecule has 19 heavy (non-hydrogen) atoms. The molecule has 1 fully saturated rings. The summed E-state index contributed by atoms with van der Waals surface area (Å²) < 4.78 is 11.2. The highest BCUT2D eigenvalue weighted by atomic mass is 16.5. The first-order chi connectivity index (χ1) is 9.11. The Kier molecular flexibility index (Phi) is 4.53. The van der Waals surface area contributed by atoms with Crippen LogP contribution in [0.5, 0.6) is 5.75 Å². The summed E-state index contributed by atoms with van der Waals surface area (Å²) in [4.78, 5) is 16.5. The standard InChI is InChI=1S/C15H21NO3/c1-4-18-15(11-5-6-11)14(17)12-7-13(9-16-8-12)19-10(2)3/h7-11,15H,4-6H2,1-3H3. The number of ether oxygens (including phenoxy) is 2. The van der Waals surface area contributed by atoms with Crippen LogP contribution >= 0.6 is 0 Å². The molecule has 0 spiro atoms. The smallest absolute Gasteiger partial charge is 0.193 e. The molecular weight excluding hydrogens is 242 g/mol. The van der Waals surface area contributed by atoms with E-state index in [1.807, 2.05) is 20.8 Å². The number of Topliss-reactive ketones (excluding diaryl/α,β-unsaturated/α-hetero) is 1. The molecule has 0 aromatic carbocycles. The number of nitrogens with zero attached hydrogens (tertiary/aromatic N) is 1. The monoisotopic (exact) mass is 263 g/mol. The molecule has 1 saturated carbocycles. The lowest BCUT2D eigenvalue weighted by atomic mass is 10.0. The third kappa shape index (κ3) is 3.77. The van der Waals surface area contributed by atoms with Crippen molar-refractivity contribution in [1.82, 2.24) is 4.98 Å². The SMILES string of the molecule is CCOC(C(=O)c1cncc(OC(C)C)c1)C1CC1. The largest absolute Gasteiger partial charge is 0.489 e. The number of aromatic nitrogens is 1. The minimum atomic E-state index is -0.318. The summed E-state index contributed by atoms with van der Waals surface area (Å²) in [5.74, 6) is 1.03. The molecule has 2 rings (SSSR count). The van der Waals surface area contributed by atoms with E-state index in [1.165, 1.54) is 0 Å². The van der Waals surface area contributed by atoms with Crippen LogP contribution in [-0.2, 0) is 4.74 Å². The van der Waals surface area contributed by atoms with Crippen molar-refractivity contribution in [2.24, 2.45) is 5.92 Å². The fraction of sp³-hybridized carbons (Fsp3) is 0.600. The van der Waals surface area contributed by atoms with Crippen molar-refractivity contribution in [2.45, 2.75) is 45.8 Å². The van der Waals surface area contributed by atoms with Crippen LogP contribution in [0.4, 0.5) is 0 Å². The van der Waals surface area contributed by atoms with Gasteiger partial charge in [0.05, 0.1) is 12.3 Å². The van der Waals surface area contributed by atoms with Crippen LogP contribution < -0.4 is 4.74 Å². The highest BCUT2D eigenvalue weighted by molar-refractivity contribution is 5.99. The van der Waals surface area contributed by atoms with Crippen LogP contribution in [-0.4, -0.2) is 29.6 Å². The lowest BCUT2D eigenvalue weighted by molar-refractivity contribution is 0.0374. The molecule has 1 aromatic rings. The molecule has 104 valence electrons. The van der Waals surface area contributed by atoms with Crippen molar-refractivity contribution < 1.29 is 14.3 Å². The fourth-order valence-electron chi connectivity index (χ4n) is 2.06. The van der Waals surface area contributed by atoms with Gasteiger partial charge in [-0.05, 0) is 45.6 Å². The number of hydrogen-bond donors (Lipinski definition) is 0. The van der Waals surface area contributed by atoms with Gasteiger partial charge in [0, 0.05) is 18.4 Å². The van der Waals surface area contributed by atoms with Gasteiger partial charge in [-0.25, -0.2) is 0 Å². The van der Waals surface area contributed by atoms with E-state index in [1.54, 1.807) is 18.5 Å². The number of pyridine rings is 1. The number of hydrogen-bond acceptors (Lipinski definition) is 4. The average Bonchev–Trinajstić information content (AvgIpc) is 3.19. The van der Waals surface area contributed by atoms with Crippen LogP contribution in [0.2, 0.25) is 0 Å². The number of carbonyl (C=O) groups excluding carboxylic acids is 1. The van der Waals surface area contributed by atoms with Crippen LogP contribution in [0.25, 0.3) is 0 Å². The van der Waals surface area contributed by atoms with Crippen molar-refractivity contribution in [3.8, 4) is 5.75 Å². The number of rotatable bonds is 7. The topological polar surface area (TPSA) is 48.4 Å². The Labute approximate surface area is 114 Å². The van der Waals surface area contributed by atoms with Crippen molar-refractivity contribution in [3.63, 3.8) is 0 Å². The molecule has 0 saturated heterocycles. The molecule has 1 atom stereocenters. The van der Waals surface area contributed by atoms with Crippen molar-refractivity contribution >= 4 is 5.78 Å². The first-order valence-electron chi connectivity index (χ1n) is 6.89. The maximum Gasteiger partial charge on any atom is 0.193 e. The van der Waals surface area contributed by atoms with E-state index in [2.05, 4.69) is 4.98 Å². The van der Waals surface area contributed by atoms with E-state index < -0.39 is 0 Å². The van der Waals surface area contributed by atoms with Gasteiger partial charge in [-0.15, -0.1) is 0 Å². The summed E-state index contributed by atoms with van der Waals surface area (Å²) in [5.41, 5.74) is 0.573. The van der Waals surface area contributed by atoms with Gasteiger partial charge >= 0.3 is 0 Å². The van der Waals surface area contributed by atoms with Gasteiger partial charge < -0.3 is 9.47 Å². The molecule has 4 nitrogen and oxygen atoms in total. The Morgan fingerprint density at radius 3 is 2.74 bits per heavy atom. The van der Waals surface area contributed by atoms with Crippen molar-refractivity contribution in [2.75, 3.05) is 6.61 Å². The predicted molar refractivity (Wildman–Crippen MR) is 72.5 cm³/mol. The minimum absolute atomic E-state index is 0.0195. The summed E-state index contributed by atoms with van der Waals surface area (Å²) in [6, 6.07) is 1.75. The number of ketones is 1. The molecule has 0 radical (unpaired) electrons. The lowest BCUT2D eigenvalue weighted by Gasteiger charge is -2.16. The molecule has 0 amide bonds. The first kappa shape index (κ1) is 14.0. The third-order valence-corrected chi connectivity index (χ3v) is 3.02. The highest BCUT2D eigenvalue weighted by Crippen LogP contribution is 2.36. The van der Waals surface area contributed by atoms with Crippen LogP contribution in [0.1, 0.15) is 44.0 Å². The summed E-state index contributed by atoms with van der Waals surface area (Å²) in [6.45, 7) is 6.37. The molecule has 0 aliphatic heterocycles. The first-order valence-corrected chi connectivity index (χ1v) is 6.89. The predicted octanol–water partition coefficient (Wildman–Crippen LogP) is 2.87. The normalized spacial score (nSPS) is 16.4. The molecule has 0 bridgehead atoms. The van der Waals surface area contributed by atoms with E-state index in [-0.39, 0.29) is 18.0 Å². The maximum absolute atomic E-state index is 12.4. The molecular formula is C15H21NO3. The minimum Gasteiger partial charge on any atom is -0.489 e. The molecule has 1 heterocycles. The van der Waals surface area contributed by atoms with Crippen LogP contribution in [0.15, 0.2) is 18.5 Å². The van der Waals surface area contributed by atoms with E-state index in [0.717, 1.165) is 12.8 Å². The molecule has 1 aromatic heterocycles. The maximum atomic E-state index is 12.4. The summed E-state index contributed by atoms with van der Waals surface area (Å²) in [6.07, 6.45) is 5.12. The van der Waals surface area contributed by atoms with Gasteiger partial charge in [-0.2, -0.15) is 0 Å². The summed E-state index contributed by atoms with van der Waals surface area (Å²) >= 11 is 0. The van der Waals surface area contributed by atoms with Crippen molar-refractivity contribution in [3.05, 3.63) is 24.0 Å². The zero-order valence-corrected chi connectivity index (χ0v) is 11.8. The quantitative estimate of drug-likeness (QED) is 0.710. The zero-order valence-electron chi connectivity index (χ0n) is 11.8. The van der Waals surface area contributed by atoms with E-state index in [4.69, 9.17) is 9.47 Å². The molecule has 0 N–H and O–H groups in total. The van der Waals surface area contributed by atoms with Crippen LogP contribution in [0, 0.1) is 5.92 Å². The fourth-order valence-corrected chi connectivity index (χ4v) is 2.06. The highest BCUT2D eigenvalue weighted by Gasteiger charge is 2.37. The Balaban J connectivity index is 2.12. The Morgan fingerprint density at radius 2 is 2.16 bits per heavy atom. The zero-order chi connectivity index (χ0) is 13.8.